The fraction of sp³-hybridized carbons (Fsp3) is 0. The van der Waals surface area contributed by atoms with Crippen LogP contribution in [0.15, 0.2) is 40.9 Å². The van der Waals surface area contributed by atoms with Crippen LogP contribution in [0.5, 0.6) is 5.75 Å². The fourth-order valence-electron chi connectivity index (χ4n) is 1.68. The number of halogens is 2. The molecule has 0 spiro atoms. The molecule has 0 bridgehead atoms. The van der Waals surface area contributed by atoms with Gasteiger partial charge in [-0.2, -0.15) is 0 Å². The van der Waals surface area contributed by atoms with Gasteiger partial charge < -0.3 is 15.5 Å². The van der Waals surface area contributed by atoms with Crippen LogP contribution in [0, 0.1) is 3.57 Å². The maximum Gasteiger partial charge on any atom is 0.337 e. The first-order valence-corrected chi connectivity index (χ1v) is 7.58. The molecule has 0 aliphatic carbocycles. The van der Waals surface area contributed by atoms with Crippen molar-refractivity contribution in [2.45, 2.75) is 0 Å². The first kappa shape index (κ1) is 15.8. The van der Waals surface area contributed by atoms with Crippen LogP contribution in [0.2, 0.25) is 0 Å². The molecule has 0 aromatic heterocycles. The van der Waals surface area contributed by atoms with Gasteiger partial charge in [-0.3, -0.25) is 4.79 Å². The Morgan fingerprint density at radius 2 is 1.81 bits per heavy atom. The summed E-state index contributed by atoms with van der Waals surface area (Å²) in [5.74, 6) is -1.89. The molecule has 2 aromatic carbocycles. The van der Waals surface area contributed by atoms with Crippen LogP contribution < -0.4 is 5.32 Å². The number of carboxylic acid groups (broad SMARTS) is 1. The van der Waals surface area contributed by atoms with Crippen LogP contribution in [0.3, 0.4) is 0 Å². The van der Waals surface area contributed by atoms with E-state index in [1.807, 2.05) is 22.6 Å². The summed E-state index contributed by atoms with van der Waals surface area (Å²) in [6.45, 7) is 0. The molecule has 5 nitrogen and oxygen atoms in total. The number of rotatable bonds is 3. The highest BCUT2D eigenvalue weighted by Gasteiger charge is 2.16. The Labute approximate surface area is 142 Å². The molecule has 2 aromatic rings. The molecule has 21 heavy (non-hydrogen) atoms. The van der Waals surface area contributed by atoms with Crippen LogP contribution in [-0.4, -0.2) is 22.1 Å². The number of phenolic OH excluding ortho intramolecular Hbond substituents is 1. The van der Waals surface area contributed by atoms with E-state index in [0.717, 1.165) is 3.57 Å². The number of nitrogens with one attached hydrogen (secondary N) is 1. The van der Waals surface area contributed by atoms with Crippen LogP contribution in [-0.2, 0) is 0 Å². The number of aromatic hydroxyl groups is 1. The lowest BCUT2D eigenvalue weighted by Crippen LogP contribution is -2.15. The van der Waals surface area contributed by atoms with Crippen molar-refractivity contribution in [1.82, 2.24) is 0 Å². The predicted molar refractivity (Wildman–Crippen MR) is 89.9 cm³/mol. The third-order valence-electron chi connectivity index (χ3n) is 2.66. The van der Waals surface area contributed by atoms with Gasteiger partial charge in [0.15, 0.2) is 0 Å². The molecule has 0 fully saturated rings. The molecule has 3 N–H and O–H groups in total. The van der Waals surface area contributed by atoms with Crippen molar-refractivity contribution in [3.63, 3.8) is 0 Å². The van der Waals surface area contributed by atoms with Gasteiger partial charge in [-0.1, -0.05) is 15.9 Å². The monoisotopic (exact) mass is 461 g/mol. The molecule has 108 valence electrons. The molecule has 7 heteroatoms. The molecule has 0 saturated heterocycles. The van der Waals surface area contributed by atoms with Crippen LogP contribution in [0.1, 0.15) is 20.7 Å². The molecule has 0 aliphatic rings. The number of hydrogen-bond donors (Lipinski definition) is 3. The Morgan fingerprint density at radius 3 is 2.48 bits per heavy atom. The van der Waals surface area contributed by atoms with E-state index < -0.39 is 11.9 Å². The highest BCUT2D eigenvalue weighted by Crippen LogP contribution is 2.24. The van der Waals surface area contributed by atoms with Gasteiger partial charge in [-0.05, 0) is 59.0 Å². The Kier molecular flexibility index (Phi) is 4.84. The average molecular weight is 462 g/mol. The SMILES string of the molecule is O=C(Nc1ccc(Br)cc1C(=O)O)c1cc(I)ccc1O. The second-order valence-electron chi connectivity index (χ2n) is 4.11. The van der Waals surface area contributed by atoms with Gasteiger partial charge in [0.05, 0.1) is 16.8 Å². The quantitative estimate of drug-likeness (QED) is 0.608. The minimum absolute atomic E-state index is 0.0390. The Balaban J connectivity index is 2.36. The van der Waals surface area contributed by atoms with Gasteiger partial charge in [-0.15, -0.1) is 0 Å². The maximum atomic E-state index is 12.2. The van der Waals surface area contributed by atoms with Crippen molar-refractivity contribution >= 4 is 56.1 Å². The van der Waals surface area contributed by atoms with Crippen LogP contribution in [0.25, 0.3) is 0 Å². The summed E-state index contributed by atoms with van der Waals surface area (Å²) >= 11 is 5.20. The van der Waals surface area contributed by atoms with E-state index in [9.17, 15) is 14.7 Å². The Bertz CT molecular complexity index is 733. The number of phenols is 1. The molecular formula is C14H9BrINO4. The van der Waals surface area contributed by atoms with Crippen molar-refractivity contribution < 1.29 is 19.8 Å². The number of hydrogen-bond acceptors (Lipinski definition) is 3. The fourth-order valence-corrected chi connectivity index (χ4v) is 2.53. The van der Waals surface area contributed by atoms with Crippen LogP contribution in [0.4, 0.5) is 5.69 Å². The van der Waals surface area contributed by atoms with E-state index in [1.165, 1.54) is 24.3 Å². The standard InChI is InChI=1S/C14H9BrINO4/c15-7-1-3-11(9(5-7)14(20)21)17-13(19)10-6-8(16)2-4-12(10)18/h1-6,18H,(H,17,19)(H,20,21). The molecule has 0 aliphatic heterocycles. The van der Waals surface area contributed by atoms with Crippen LogP contribution >= 0.6 is 38.5 Å². The second kappa shape index (κ2) is 6.44. The summed E-state index contributed by atoms with van der Waals surface area (Å²) in [6.07, 6.45) is 0. The first-order chi connectivity index (χ1) is 9.88. The minimum atomic E-state index is -1.15. The number of carbonyl (C=O) groups is 2. The zero-order chi connectivity index (χ0) is 15.6. The maximum absolute atomic E-state index is 12.2. The number of anilines is 1. The van der Waals surface area contributed by atoms with E-state index in [-0.39, 0.29) is 22.6 Å². The molecule has 0 saturated carbocycles. The predicted octanol–water partition coefficient (Wildman–Crippen LogP) is 3.71. The largest absolute Gasteiger partial charge is 0.507 e. The summed E-state index contributed by atoms with van der Waals surface area (Å²) in [6, 6.07) is 9.09. The summed E-state index contributed by atoms with van der Waals surface area (Å²) in [5, 5.41) is 21.4. The molecule has 0 radical (unpaired) electrons. The lowest BCUT2D eigenvalue weighted by molar-refractivity contribution is 0.0698. The Hall–Kier alpha value is -1.61. The van der Waals surface area contributed by atoms with Gasteiger partial charge >= 0.3 is 5.97 Å². The van der Waals surface area contributed by atoms with E-state index in [2.05, 4.69) is 21.2 Å². The number of carbonyl (C=O) groups excluding carboxylic acids is 1. The smallest absolute Gasteiger partial charge is 0.337 e. The van der Waals surface area contributed by atoms with Crippen molar-refractivity contribution in [2.24, 2.45) is 0 Å². The van der Waals surface area contributed by atoms with Crippen molar-refractivity contribution in [1.29, 1.82) is 0 Å². The highest BCUT2D eigenvalue weighted by atomic mass is 127. The third kappa shape index (κ3) is 3.73. The molecule has 0 heterocycles. The van der Waals surface area contributed by atoms with Gasteiger partial charge in [0.25, 0.3) is 5.91 Å². The van der Waals surface area contributed by atoms with E-state index in [4.69, 9.17) is 5.11 Å². The summed E-state index contributed by atoms with van der Waals surface area (Å²) in [4.78, 5) is 23.4. The minimum Gasteiger partial charge on any atom is -0.507 e. The molecule has 1 amide bonds. The normalized spacial score (nSPS) is 10.2. The van der Waals surface area contributed by atoms with Crippen molar-refractivity contribution in [3.8, 4) is 5.75 Å². The molecule has 0 atom stereocenters. The topological polar surface area (TPSA) is 86.6 Å². The first-order valence-electron chi connectivity index (χ1n) is 5.71. The number of carboxylic acids is 1. The second-order valence-corrected chi connectivity index (χ2v) is 6.27. The van der Waals surface area contributed by atoms with Crippen molar-refractivity contribution in [3.05, 3.63) is 55.6 Å². The van der Waals surface area contributed by atoms with Gasteiger partial charge in [0, 0.05) is 8.04 Å². The van der Waals surface area contributed by atoms with Gasteiger partial charge in [0.1, 0.15) is 5.75 Å². The number of aromatic carboxylic acids is 1. The zero-order valence-corrected chi connectivity index (χ0v) is 14.2. The zero-order valence-electron chi connectivity index (χ0n) is 10.4. The van der Waals surface area contributed by atoms with E-state index in [0.29, 0.717) is 4.47 Å². The van der Waals surface area contributed by atoms with E-state index in [1.54, 1.807) is 12.1 Å². The third-order valence-corrected chi connectivity index (χ3v) is 3.83. The summed E-state index contributed by atoms with van der Waals surface area (Å²) in [7, 11) is 0. The highest BCUT2D eigenvalue weighted by molar-refractivity contribution is 14.1. The molecule has 0 unspecified atom stereocenters. The van der Waals surface area contributed by atoms with E-state index >= 15 is 0 Å². The van der Waals surface area contributed by atoms with Gasteiger partial charge in [-0.25, -0.2) is 4.79 Å². The summed E-state index contributed by atoms with van der Waals surface area (Å²) < 4.78 is 1.37. The average Bonchev–Trinajstić information content (AvgIpc) is 2.43. The molecular weight excluding hydrogens is 453 g/mol. The lowest BCUT2D eigenvalue weighted by Gasteiger charge is -2.10. The van der Waals surface area contributed by atoms with Crippen molar-refractivity contribution in [2.75, 3.05) is 5.32 Å². The lowest BCUT2D eigenvalue weighted by atomic mass is 10.1. The van der Waals surface area contributed by atoms with Gasteiger partial charge in [0.2, 0.25) is 0 Å². The Morgan fingerprint density at radius 1 is 1.10 bits per heavy atom. The summed E-state index contributed by atoms with van der Waals surface area (Å²) in [5.41, 5.74) is 0.206. The number of amides is 1. The number of benzene rings is 2. The molecule has 2 rings (SSSR count).